The summed E-state index contributed by atoms with van der Waals surface area (Å²) in [5.41, 5.74) is -0.0116. The van der Waals surface area contributed by atoms with Crippen molar-refractivity contribution in [2.75, 3.05) is 20.1 Å². The maximum Gasteiger partial charge on any atom is 0.352 e. The summed E-state index contributed by atoms with van der Waals surface area (Å²) < 4.78 is 28.0. The molecule has 0 aliphatic carbocycles. The molecule has 0 fully saturated rings. The zero-order valence-corrected chi connectivity index (χ0v) is 12.5. The summed E-state index contributed by atoms with van der Waals surface area (Å²) in [7, 11) is -1.87. The van der Waals surface area contributed by atoms with Crippen LogP contribution in [0.2, 0.25) is 0 Å². The number of carboxylic acids is 1. The Labute approximate surface area is 119 Å². The third-order valence-corrected chi connectivity index (χ3v) is 4.19. The van der Waals surface area contributed by atoms with Crippen molar-refractivity contribution in [1.29, 1.82) is 0 Å². The molecule has 1 aromatic rings. The Hall–Kier alpha value is -1.38. The molecular formula is C12H21N3O4S. The van der Waals surface area contributed by atoms with Crippen LogP contribution in [0.5, 0.6) is 0 Å². The van der Waals surface area contributed by atoms with Gasteiger partial charge in [-0.05, 0) is 32.5 Å². The molecule has 0 spiro atoms. The van der Waals surface area contributed by atoms with Gasteiger partial charge in [0.2, 0.25) is 10.0 Å². The van der Waals surface area contributed by atoms with Gasteiger partial charge in [-0.3, -0.25) is 0 Å². The molecule has 0 aromatic carbocycles. The summed E-state index contributed by atoms with van der Waals surface area (Å²) in [6, 6.07) is 1.19. The number of nitrogens with one attached hydrogen (secondary N) is 2. The number of hydrogen-bond donors (Lipinski definition) is 3. The molecule has 0 radical (unpaired) electrons. The van der Waals surface area contributed by atoms with E-state index >= 15 is 0 Å². The third kappa shape index (κ3) is 4.32. The smallest absolute Gasteiger partial charge is 0.352 e. The Bertz CT molecular complexity index is 551. The lowest BCUT2D eigenvalue weighted by Crippen LogP contribution is -2.26. The summed E-state index contributed by atoms with van der Waals surface area (Å²) in [5, 5.41) is 12.0. The second-order valence-electron chi connectivity index (χ2n) is 4.41. The first-order valence-corrected chi connectivity index (χ1v) is 7.98. The van der Waals surface area contributed by atoms with E-state index in [9.17, 15) is 13.2 Å². The van der Waals surface area contributed by atoms with E-state index in [0.29, 0.717) is 26.1 Å². The van der Waals surface area contributed by atoms with Gasteiger partial charge in [0.05, 0.1) is 0 Å². The van der Waals surface area contributed by atoms with Gasteiger partial charge in [-0.15, -0.1) is 0 Å². The monoisotopic (exact) mass is 303 g/mol. The normalized spacial score (nSPS) is 11.7. The van der Waals surface area contributed by atoms with E-state index in [1.54, 1.807) is 7.05 Å². The van der Waals surface area contributed by atoms with Gasteiger partial charge in [-0.2, -0.15) is 0 Å². The van der Waals surface area contributed by atoms with Gasteiger partial charge in [0.15, 0.2) is 0 Å². The first-order chi connectivity index (χ1) is 9.42. The minimum Gasteiger partial charge on any atom is -0.477 e. The van der Waals surface area contributed by atoms with Crippen molar-refractivity contribution < 1.29 is 18.3 Å². The molecule has 20 heavy (non-hydrogen) atoms. The van der Waals surface area contributed by atoms with E-state index in [2.05, 4.69) is 10.0 Å². The van der Waals surface area contributed by atoms with Gasteiger partial charge < -0.3 is 15.0 Å². The van der Waals surface area contributed by atoms with Crippen LogP contribution in [0.25, 0.3) is 0 Å². The zero-order chi connectivity index (χ0) is 15.2. The molecule has 8 heteroatoms. The Kier molecular flexibility index (Phi) is 6.18. The molecular weight excluding hydrogens is 282 g/mol. The van der Waals surface area contributed by atoms with E-state index in [-0.39, 0.29) is 10.6 Å². The van der Waals surface area contributed by atoms with Crippen LogP contribution in [0.15, 0.2) is 17.2 Å². The van der Waals surface area contributed by atoms with Crippen molar-refractivity contribution in [2.45, 2.75) is 31.2 Å². The summed E-state index contributed by atoms with van der Waals surface area (Å²) >= 11 is 0. The number of sulfonamides is 1. The zero-order valence-electron chi connectivity index (χ0n) is 11.7. The van der Waals surface area contributed by atoms with Crippen molar-refractivity contribution in [3.05, 3.63) is 18.0 Å². The van der Waals surface area contributed by atoms with Crippen molar-refractivity contribution in [3.8, 4) is 0 Å². The fourth-order valence-electron chi connectivity index (χ4n) is 1.79. The fourth-order valence-corrected chi connectivity index (χ4v) is 2.90. The largest absolute Gasteiger partial charge is 0.477 e. The number of aryl methyl sites for hydroxylation is 1. The maximum absolute atomic E-state index is 12.0. The first-order valence-electron chi connectivity index (χ1n) is 6.50. The van der Waals surface area contributed by atoms with E-state index in [1.165, 1.54) is 16.8 Å². The van der Waals surface area contributed by atoms with E-state index < -0.39 is 16.0 Å². The lowest BCUT2D eigenvalue weighted by Gasteiger charge is -2.04. The molecule has 1 aromatic heterocycles. The van der Waals surface area contributed by atoms with Crippen LogP contribution in [0.3, 0.4) is 0 Å². The van der Waals surface area contributed by atoms with Gasteiger partial charge in [0.1, 0.15) is 10.6 Å². The molecule has 0 unspecified atom stereocenters. The van der Waals surface area contributed by atoms with Crippen molar-refractivity contribution in [3.63, 3.8) is 0 Å². The molecule has 1 rings (SSSR count). The number of carboxylic acid groups (broad SMARTS) is 1. The SMILES string of the molecule is CCCn1cc(S(=O)(=O)NCCCNC)cc1C(=O)O. The highest BCUT2D eigenvalue weighted by Gasteiger charge is 2.20. The van der Waals surface area contributed by atoms with Gasteiger partial charge in [-0.25, -0.2) is 17.9 Å². The highest BCUT2D eigenvalue weighted by atomic mass is 32.2. The van der Waals surface area contributed by atoms with E-state index in [4.69, 9.17) is 5.11 Å². The van der Waals surface area contributed by atoms with Crippen LogP contribution in [0, 0.1) is 0 Å². The van der Waals surface area contributed by atoms with Crippen LogP contribution in [0.1, 0.15) is 30.3 Å². The average Bonchev–Trinajstić information content (AvgIpc) is 2.80. The number of nitrogens with zero attached hydrogens (tertiary/aromatic N) is 1. The number of hydrogen-bond acceptors (Lipinski definition) is 4. The third-order valence-electron chi connectivity index (χ3n) is 2.76. The minimum atomic E-state index is -3.66. The summed E-state index contributed by atoms with van der Waals surface area (Å²) in [6.45, 7) is 3.39. The lowest BCUT2D eigenvalue weighted by atomic mass is 10.4. The molecule has 0 saturated carbocycles. The first kappa shape index (κ1) is 16.7. The maximum atomic E-state index is 12.0. The van der Waals surface area contributed by atoms with Crippen LogP contribution in [-0.4, -0.2) is 44.2 Å². The molecule has 0 aliphatic heterocycles. The lowest BCUT2D eigenvalue weighted by molar-refractivity contribution is 0.0685. The molecule has 1 heterocycles. The quantitative estimate of drug-likeness (QED) is 0.576. The number of rotatable bonds is 9. The molecule has 3 N–H and O–H groups in total. The summed E-state index contributed by atoms with van der Waals surface area (Å²) in [6.07, 6.45) is 2.76. The molecule has 7 nitrogen and oxygen atoms in total. The van der Waals surface area contributed by atoms with Gasteiger partial charge >= 0.3 is 5.97 Å². The molecule has 0 atom stereocenters. The topological polar surface area (TPSA) is 100 Å². The van der Waals surface area contributed by atoms with Crippen LogP contribution in [0.4, 0.5) is 0 Å². The summed E-state index contributed by atoms with van der Waals surface area (Å²) in [5.74, 6) is -1.13. The predicted molar refractivity (Wildman–Crippen MR) is 75.4 cm³/mol. The number of aromatic nitrogens is 1. The Balaban J connectivity index is 2.89. The molecule has 0 aliphatic rings. The average molecular weight is 303 g/mol. The molecule has 114 valence electrons. The van der Waals surface area contributed by atoms with Crippen LogP contribution in [-0.2, 0) is 16.6 Å². The summed E-state index contributed by atoms with van der Waals surface area (Å²) in [4.78, 5) is 11.1. The van der Waals surface area contributed by atoms with Crippen LogP contribution >= 0.6 is 0 Å². The minimum absolute atomic E-state index is 0.00666. The highest BCUT2D eigenvalue weighted by Crippen LogP contribution is 2.15. The highest BCUT2D eigenvalue weighted by molar-refractivity contribution is 7.89. The van der Waals surface area contributed by atoms with Gasteiger partial charge in [0.25, 0.3) is 0 Å². The standard InChI is InChI=1S/C12H21N3O4S/c1-3-7-15-9-10(8-11(15)12(16)17)20(18,19)14-6-4-5-13-2/h8-9,13-14H,3-7H2,1-2H3,(H,16,17). The van der Waals surface area contributed by atoms with Gasteiger partial charge in [-0.1, -0.05) is 6.92 Å². The van der Waals surface area contributed by atoms with E-state index in [1.807, 2.05) is 6.92 Å². The van der Waals surface area contributed by atoms with Crippen molar-refractivity contribution in [1.82, 2.24) is 14.6 Å². The number of carbonyl (C=O) groups is 1. The van der Waals surface area contributed by atoms with Crippen molar-refractivity contribution >= 4 is 16.0 Å². The molecule has 0 bridgehead atoms. The van der Waals surface area contributed by atoms with Gasteiger partial charge in [0, 0.05) is 19.3 Å². The second-order valence-corrected chi connectivity index (χ2v) is 6.18. The predicted octanol–water partition coefficient (Wildman–Crippen LogP) is 0.484. The number of aromatic carboxylic acids is 1. The Morgan fingerprint density at radius 1 is 1.40 bits per heavy atom. The molecule has 0 amide bonds. The van der Waals surface area contributed by atoms with E-state index in [0.717, 1.165) is 6.42 Å². The Morgan fingerprint density at radius 3 is 2.65 bits per heavy atom. The fraction of sp³-hybridized carbons (Fsp3) is 0.583. The second kappa shape index (κ2) is 7.41. The van der Waals surface area contributed by atoms with Crippen LogP contribution < -0.4 is 10.0 Å². The molecule has 0 saturated heterocycles. The van der Waals surface area contributed by atoms with Crippen molar-refractivity contribution in [2.24, 2.45) is 0 Å². The Morgan fingerprint density at radius 2 is 2.10 bits per heavy atom.